The summed E-state index contributed by atoms with van der Waals surface area (Å²) >= 11 is 0. The molecule has 0 aliphatic rings. The van der Waals surface area contributed by atoms with E-state index in [1.807, 2.05) is 0 Å². The van der Waals surface area contributed by atoms with Crippen LogP contribution in [-0.4, -0.2) is 38.5 Å². The van der Waals surface area contributed by atoms with Crippen molar-refractivity contribution in [2.24, 2.45) is 11.5 Å². The molecule has 0 aliphatic carbocycles. The Kier molecular flexibility index (Phi) is 8.08. The summed E-state index contributed by atoms with van der Waals surface area (Å²) in [5, 5.41) is 0. The second-order valence-electron chi connectivity index (χ2n) is 3.90. The molecule has 0 aromatic rings. The van der Waals surface area contributed by atoms with Gasteiger partial charge in [0.1, 0.15) is 0 Å². The molecule has 0 rings (SSSR count). The maximum atomic E-state index is 5.56. The molecule has 14 heavy (non-hydrogen) atoms. The number of hydrogen-bond donors (Lipinski definition) is 2. The van der Waals surface area contributed by atoms with Gasteiger partial charge >= 0.3 is 0 Å². The van der Waals surface area contributed by atoms with Crippen LogP contribution >= 0.6 is 0 Å². The zero-order chi connectivity index (χ0) is 10.9. The molecule has 0 aliphatic heterocycles. The van der Waals surface area contributed by atoms with Crippen LogP contribution in [0.15, 0.2) is 0 Å². The number of ether oxygens (including phenoxy) is 2. The summed E-state index contributed by atoms with van der Waals surface area (Å²) in [4.78, 5) is 0. The number of hydrogen-bond acceptors (Lipinski definition) is 4. The normalized spacial score (nSPS) is 12.0. The van der Waals surface area contributed by atoms with Crippen LogP contribution in [0.1, 0.15) is 26.7 Å². The van der Waals surface area contributed by atoms with Gasteiger partial charge in [-0.2, -0.15) is 0 Å². The first-order valence-electron chi connectivity index (χ1n) is 5.24. The molecule has 0 unspecified atom stereocenters. The first-order chi connectivity index (χ1) is 6.62. The molecule has 0 fully saturated rings. The van der Waals surface area contributed by atoms with Gasteiger partial charge in [0.15, 0.2) is 0 Å². The van der Waals surface area contributed by atoms with Gasteiger partial charge in [-0.25, -0.2) is 0 Å². The van der Waals surface area contributed by atoms with Crippen molar-refractivity contribution >= 4 is 0 Å². The molecule has 4 nitrogen and oxygen atoms in total. The summed E-state index contributed by atoms with van der Waals surface area (Å²) in [5.74, 6) is 0. The molecule has 0 aromatic carbocycles. The molecular weight excluding hydrogens is 180 g/mol. The summed E-state index contributed by atoms with van der Waals surface area (Å²) in [6.45, 7) is 7.42. The Hall–Kier alpha value is -0.160. The highest BCUT2D eigenvalue weighted by molar-refractivity contribution is 4.67. The monoisotopic (exact) mass is 204 g/mol. The van der Waals surface area contributed by atoms with E-state index < -0.39 is 0 Å². The molecule has 0 amide bonds. The fraction of sp³-hybridized carbons (Fsp3) is 1.00. The summed E-state index contributed by atoms with van der Waals surface area (Å²) in [6, 6.07) is 0. The summed E-state index contributed by atoms with van der Waals surface area (Å²) < 4.78 is 11.0. The standard InChI is InChI=1S/C10H24N2O2/c1-10(2,14-9-6-12)4-8-13-7-3-5-11/h3-9,11-12H2,1-2H3. The van der Waals surface area contributed by atoms with Gasteiger partial charge in [0.05, 0.1) is 12.2 Å². The highest BCUT2D eigenvalue weighted by atomic mass is 16.5. The van der Waals surface area contributed by atoms with Crippen molar-refractivity contribution in [1.29, 1.82) is 0 Å². The molecule has 0 heterocycles. The van der Waals surface area contributed by atoms with Crippen molar-refractivity contribution in [3.63, 3.8) is 0 Å². The third-order valence-electron chi connectivity index (χ3n) is 1.95. The third-order valence-corrected chi connectivity index (χ3v) is 1.95. The molecule has 0 saturated heterocycles. The molecule has 86 valence electrons. The van der Waals surface area contributed by atoms with Gasteiger partial charge in [-0.1, -0.05) is 0 Å². The van der Waals surface area contributed by atoms with Crippen molar-refractivity contribution in [3.8, 4) is 0 Å². The van der Waals surface area contributed by atoms with Crippen LogP contribution in [0.3, 0.4) is 0 Å². The van der Waals surface area contributed by atoms with Crippen LogP contribution in [0.25, 0.3) is 0 Å². The molecule has 0 spiro atoms. The van der Waals surface area contributed by atoms with E-state index in [0.29, 0.717) is 19.7 Å². The Labute approximate surface area is 86.9 Å². The first kappa shape index (κ1) is 13.8. The predicted octanol–water partition coefficient (Wildman–Crippen LogP) is 0.496. The van der Waals surface area contributed by atoms with Crippen LogP contribution in [-0.2, 0) is 9.47 Å². The Morgan fingerprint density at radius 3 is 2.29 bits per heavy atom. The van der Waals surface area contributed by atoms with Gasteiger partial charge < -0.3 is 20.9 Å². The molecule has 0 aromatic heterocycles. The van der Waals surface area contributed by atoms with Gasteiger partial charge in [-0.05, 0) is 33.2 Å². The van der Waals surface area contributed by atoms with Crippen molar-refractivity contribution in [2.75, 3.05) is 32.9 Å². The van der Waals surface area contributed by atoms with Gasteiger partial charge in [0.2, 0.25) is 0 Å². The van der Waals surface area contributed by atoms with Crippen molar-refractivity contribution in [3.05, 3.63) is 0 Å². The highest BCUT2D eigenvalue weighted by Crippen LogP contribution is 2.13. The predicted molar refractivity (Wildman–Crippen MR) is 58.2 cm³/mol. The van der Waals surface area contributed by atoms with E-state index in [1.165, 1.54) is 0 Å². The Morgan fingerprint density at radius 2 is 1.71 bits per heavy atom. The van der Waals surface area contributed by atoms with E-state index >= 15 is 0 Å². The molecule has 0 radical (unpaired) electrons. The molecule has 0 atom stereocenters. The van der Waals surface area contributed by atoms with Gasteiger partial charge in [0, 0.05) is 19.8 Å². The van der Waals surface area contributed by atoms with Gasteiger partial charge in [-0.3, -0.25) is 0 Å². The topological polar surface area (TPSA) is 70.5 Å². The van der Waals surface area contributed by atoms with Crippen molar-refractivity contribution in [1.82, 2.24) is 0 Å². The van der Waals surface area contributed by atoms with Crippen LogP contribution < -0.4 is 11.5 Å². The average molecular weight is 204 g/mol. The minimum absolute atomic E-state index is 0.137. The van der Waals surface area contributed by atoms with E-state index in [0.717, 1.165) is 26.1 Å². The van der Waals surface area contributed by atoms with Crippen molar-refractivity contribution < 1.29 is 9.47 Å². The number of rotatable bonds is 9. The SMILES string of the molecule is CC(C)(CCOCCCN)OCCN. The first-order valence-corrected chi connectivity index (χ1v) is 5.24. The lowest BCUT2D eigenvalue weighted by Crippen LogP contribution is -2.29. The van der Waals surface area contributed by atoms with Crippen LogP contribution in [0.5, 0.6) is 0 Å². The van der Waals surface area contributed by atoms with E-state index in [9.17, 15) is 0 Å². The van der Waals surface area contributed by atoms with E-state index in [4.69, 9.17) is 20.9 Å². The van der Waals surface area contributed by atoms with E-state index in [-0.39, 0.29) is 5.60 Å². The molecule has 4 heteroatoms. The second kappa shape index (κ2) is 8.17. The van der Waals surface area contributed by atoms with Crippen LogP contribution in [0.4, 0.5) is 0 Å². The summed E-state index contributed by atoms with van der Waals surface area (Å²) in [7, 11) is 0. The van der Waals surface area contributed by atoms with E-state index in [1.54, 1.807) is 0 Å². The van der Waals surface area contributed by atoms with Gasteiger partial charge in [0.25, 0.3) is 0 Å². The minimum Gasteiger partial charge on any atom is -0.381 e. The lowest BCUT2D eigenvalue weighted by molar-refractivity contribution is -0.0372. The largest absolute Gasteiger partial charge is 0.381 e. The Morgan fingerprint density at radius 1 is 1.00 bits per heavy atom. The third kappa shape index (κ3) is 8.44. The Bertz CT molecular complexity index is 129. The highest BCUT2D eigenvalue weighted by Gasteiger charge is 2.17. The quantitative estimate of drug-likeness (QED) is 0.536. The molecular formula is C10H24N2O2. The zero-order valence-electron chi connectivity index (χ0n) is 9.42. The Balaban J connectivity index is 3.35. The molecule has 0 saturated carbocycles. The average Bonchev–Trinajstić information content (AvgIpc) is 2.15. The lowest BCUT2D eigenvalue weighted by atomic mass is 10.1. The summed E-state index contributed by atoms with van der Waals surface area (Å²) in [6.07, 6.45) is 1.81. The van der Waals surface area contributed by atoms with Crippen LogP contribution in [0.2, 0.25) is 0 Å². The minimum atomic E-state index is -0.137. The zero-order valence-corrected chi connectivity index (χ0v) is 9.42. The maximum absolute atomic E-state index is 5.56. The number of nitrogens with two attached hydrogens (primary N) is 2. The van der Waals surface area contributed by atoms with Crippen LogP contribution in [0, 0.1) is 0 Å². The van der Waals surface area contributed by atoms with Crippen molar-refractivity contribution in [2.45, 2.75) is 32.3 Å². The smallest absolute Gasteiger partial charge is 0.0649 e. The van der Waals surface area contributed by atoms with Gasteiger partial charge in [-0.15, -0.1) is 0 Å². The van der Waals surface area contributed by atoms with E-state index in [2.05, 4.69) is 13.8 Å². The fourth-order valence-corrected chi connectivity index (χ4v) is 1.01. The second-order valence-corrected chi connectivity index (χ2v) is 3.90. The maximum Gasteiger partial charge on any atom is 0.0649 e. The summed E-state index contributed by atoms with van der Waals surface area (Å²) in [5.41, 5.74) is 10.6. The lowest BCUT2D eigenvalue weighted by Gasteiger charge is -2.24. The molecule has 4 N–H and O–H groups in total. The molecule has 0 bridgehead atoms. The fourth-order valence-electron chi connectivity index (χ4n) is 1.01.